The summed E-state index contributed by atoms with van der Waals surface area (Å²) in [5, 5.41) is 7.76. The van der Waals surface area contributed by atoms with Crippen molar-refractivity contribution in [2.45, 2.75) is 19.5 Å². The monoisotopic (exact) mass is 290 g/mol. The first-order valence-corrected chi connectivity index (χ1v) is 7.27. The van der Waals surface area contributed by atoms with E-state index in [1.54, 1.807) is 18.4 Å². The molecule has 0 fully saturated rings. The van der Waals surface area contributed by atoms with Crippen molar-refractivity contribution in [3.8, 4) is 5.75 Å². The van der Waals surface area contributed by atoms with Crippen LogP contribution in [0.5, 0.6) is 5.75 Å². The van der Waals surface area contributed by atoms with Gasteiger partial charge in [0.1, 0.15) is 5.75 Å². The first-order chi connectivity index (χ1) is 9.69. The Morgan fingerprint density at radius 3 is 2.65 bits per heavy atom. The van der Waals surface area contributed by atoms with Gasteiger partial charge in [0.25, 0.3) is 0 Å². The quantitative estimate of drug-likeness (QED) is 0.887. The molecule has 106 valence electrons. The Morgan fingerprint density at radius 1 is 1.30 bits per heavy atom. The molecule has 0 saturated heterocycles. The van der Waals surface area contributed by atoms with E-state index in [0.717, 1.165) is 16.2 Å². The van der Waals surface area contributed by atoms with Crippen LogP contribution in [0, 0.1) is 0 Å². The minimum Gasteiger partial charge on any atom is -0.497 e. The molecule has 1 aromatic carbocycles. The molecule has 0 aliphatic rings. The molecular weight excluding hydrogens is 272 g/mol. The average Bonchev–Trinajstić information content (AvgIpc) is 3.00. The number of carbonyl (C=O) groups is 1. The molecule has 0 spiro atoms. The minimum atomic E-state index is -0.165. The molecule has 1 atom stereocenters. The molecule has 2 aromatic rings. The van der Waals surface area contributed by atoms with Gasteiger partial charge in [0.15, 0.2) is 0 Å². The smallest absolute Gasteiger partial charge is 0.315 e. The number of amides is 2. The van der Waals surface area contributed by atoms with Gasteiger partial charge < -0.3 is 15.4 Å². The van der Waals surface area contributed by atoms with Crippen molar-refractivity contribution in [3.63, 3.8) is 0 Å². The van der Waals surface area contributed by atoms with Crippen molar-refractivity contribution < 1.29 is 9.53 Å². The molecule has 2 amide bonds. The maximum atomic E-state index is 11.8. The number of urea groups is 1. The van der Waals surface area contributed by atoms with E-state index in [2.05, 4.69) is 10.6 Å². The molecule has 0 radical (unpaired) electrons. The van der Waals surface area contributed by atoms with E-state index in [4.69, 9.17) is 4.74 Å². The van der Waals surface area contributed by atoms with Crippen LogP contribution in [-0.4, -0.2) is 13.1 Å². The van der Waals surface area contributed by atoms with Crippen LogP contribution in [0.2, 0.25) is 0 Å². The van der Waals surface area contributed by atoms with Crippen molar-refractivity contribution in [1.29, 1.82) is 0 Å². The van der Waals surface area contributed by atoms with Crippen LogP contribution >= 0.6 is 11.3 Å². The second-order valence-corrected chi connectivity index (χ2v) is 5.39. The first-order valence-electron chi connectivity index (χ1n) is 6.39. The Bertz CT molecular complexity index is 538. The summed E-state index contributed by atoms with van der Waals surface area (Å²) in [7, 11) is 1.63. The fourth-order valence-corrected chi connectivity index (χ4v) is 2.52. The lowest BCUT2D eigenvalue weighted by molar-refractivity contribution is 0.237. The van der Waals surface area contributed by atoms with Crippen LogP contribution < -0.4 is 15.4 Å². The van der Waals surface area contributed by atoms with Gasteiger partial charge in [-0.3, -0.25) is 0 Å². The SMILES string of the molecule is COc1ccc(CNC(=O)N[C@@H](C)c2cccs2)cc1. The number of ether oxygens (including phenoxy) is 1. The summed E-state index contributed by atoms with van der Waals surface area (Å²) in [6.45, 7) is 2.46. The van der Waals surface area contributed by atoms with Gasteiger partial charge in [-0.05, 0) is 36.1 Å². The zero-order valence-electron chi connectivity index (χ0n) is 11.6. The number of hydrogen-bond donors (Lipinski definition) is 2. The molecule has 0 unspecified atom stereocenters. The first kappa shape index (κ1) is 14.4. The fraction of sp³-hybridized carbons (Fsp3) is 0.267. The number of nitrogens with one attached hydrogen (secondary N) is 2. The maximum absolute atomic E-state index is 11.8. The lowest BCUT2D eigenvalue weighted by Crippen LogP contribution is -2.36. The summed E-state index contributed by atoms with van der Waals surface area (Å²) in [6.07, 6.45) is 0. The molecule has 1 heterocycles. The Kier molecular flexibility index (Phi) is 5.01. The summed E-state index contributed by atoms with van der Waals surface area (Å²) in [5.41, 5.74) is 1.03. The number of methoxy groups -OCH3 is 1. The minimum absolute atomic E-state index is 0.0193. The summed E-state index contributed by atoms with van der Waals surface area (Å²) in [4.78, 5) is 12.9. The summed E-state index contributed by atoms with van der Waals surface area (Å²) in [5.74, 6) is 0.810. The van der Waals surface area contributed by atoms with E-state index in [1.807, 2.05) is 48.7 Å². The van der Waals surface area contributed by atoms with Crippen LogP contribution in [0.4, 0.5) is 4.79 Å². The number of benzene rings is 1. The highest BCUT2D eigenvalue weighted by atomic mass is 32.1. The van der Waals surface area contributed by atoms with Crippen LogP contribution in [0.1, 0.15) is 23.4 Å². The van der Waals surface area contributed by atoms with Crippen LogP contribution in [0.3, 0.4) is 0 Å². The van der Waals surface area contributed by atoms with Crippen molar-refractivity contribution in [1.82, 2.24) is 10.6 Å². The van der Waals surface area contributed by atoms with Gasteiger partial charge in [-0.1, -0.05) is 18.2 Å². The van der Waals surface area contributed by atoms with Crippen molar-refractivity contribution in [2.75, 3.05) is 7.11 Å². The second-order valence-electron chi connectivity index (χ2n) is 4.41. The molecule has 4 nitrogen and oxygen atoms in total. The molecule has 2 N–H and O–H groups in total. The van der Waals surface area contributed by atoms with Gasteiger partial charge in [-0.15, -0.1) is 11.3 Å². The number of rotatable bonds is 5. The molecule has 0 aliphatic heterocycles. The molecule has 1 aromatic heterocycles. The third-order valence-corrected chi connectivity index (χ3v) is 3.98. The van der Waals surface area contributed by atoms with Crippen molar-refractivity contribution >= 4 is 17.4 Å². The van der Waals surface area contributed by atoms with E-state index in [1.165, 1.54) is 0 Å². The molecule has 2 rings (SSSR count). The third kappa shape index (κ3) is 3.99. The Balaban J connectivity index is 1.79. The summed E-state index contributed by atoms with van der Waals surface area (Å²) in [6, 6.07) is 11.5. The normalized spacial score (nSPS) is 11.7. The van der Waals surface area contributed by atoms with Gasteiger partial charge in [0, 0.05) is 11.4 Å². The topological polar surface area (TPSA) is 50.4 Å². The van der Waals surface area contributed by atoms with Gasteiger partial charge in [0.05, 0.1) is 13.2 Å². The van der Waals surface area contributed by atoms with E-state index in [0.29, 0.717) is 6.54 Å². The summed E-state index contributed by atoms with van der Waals surface area (Å²) < 4.78 is 5.09. The zero-order chi connectivity index (χ0) is 14.4. The Labute approximate surface area is 122 Å². The molecule has 20 heavy (non-hydrogen) atoms. The summed E-state index contributed by atoms with van der Waals surface area (Å²) >= 11 is 1.64. The zero-order valence-corrected chi connectivity index (χ0v) is 12.4. The molecule has 0 aliphatic carbocycles. The predicted molar refractivity (Wildman–Crippen MR) is 81.1 cm³/mol. The van der Waals surface area contributed by atoms with Crippen molar-refractivity contribution in [2.24, 2.45) is 0 Å². The lowest BCUT2D eigenvalue weighted by Gasteiger charge is -2.13. The average molecular weight is 290 g/mol. The van der Waals surface area contributed by atoms with Gasteiger partial charge in [-0.25, -0.2) is 4.79 Å². The Hall–Kier alpha value is -2.01. The van der Waals surface area contributed by atoms with E-state index in [9.17, 15) is 4.79 Å². The van der Waals surface area contributed by atoms with E-state index >= 15 is 0 Å². The molecule has 0 saturated carbocycles. The molecule has 0 bridgehead atoms. The number of hydrogen-bond acceptors (Lipinski definition) is 3. The fourth-order valence-electron chi connectivity index (χ4n) is 1.78. The highest BCUT2D eigenvalue weighted by Crippen LogP contribution is 2.17. The van der Waals surface area contributed by atoms with Gasteiger partial charge in [0.2, 0.25) is 0 Å². The standard InChI is InChI=1S/C15H18N2O2S/c1-11(14-4-3-9-20-14)17-15(18)16-10-12-5-7-13(19-2)8-6-12/h3-9,11H,10H2,1-2H3,(H2,16,17,18)/t11-/m0/s1. The van der Waals surface area contributed by atoms with Gasteiger partial charge >= 0.3 is 6.03 Å². The molecule has 5 heteroatoms. The number of thiophene rings is 1. The Morgan fingerprint density at radius 2 is 2.05 bits per heavy atom. The van der Waals surface area contributed by atoms with Crippen molar-refractivity contribution in [3.05, 3.63) is 52.2 Å². The third-order valence-electron chi connectivity index (χ3n) is 2.93. The van der Waals surface area contributed by atoms with Crippen LogP contribution in [-0.2, 0) is 6.54 Å². The highest BCUT2D eigenvalue weighted by Gasteiger charge is 2.09. The molecular formula is C15H18N2O2S. The number of carbonyl (C=O) groups excluding carboxylic acids is 1. The second kappa shape index (κ2) is 6.96. The van der Waals surface area contributed by atoms with Crippen LogP contribution in [0.25, 0.3) is 0 Å². The van der Waals surface area contributed by atoms with Gasteiger partial charge in [-0.2, -0.15) is 0 Å². The van der Waals surface area contributed by atoms with Crippen LogP contribution in [0.15, 0.2) is 41.8 Å². The highest BCUT2D eigenvalue weighted by molar-refractivity contribution is 7.10. The largest absolute Gasteiger partial charge is 0.497 e. The maximum Gasteiger partial charge on any atom is 0.315 e. The van der Waals surface area contributed by atoms with E-state index in [-0.39, 0.29) is 12.1 Å². The van der Waals surface area contributed by atoms with E-state index < -0.39 is 0 Å². The lowest BCUT2D eigenvalue weighted by atomic mass is 10.2. The predicted octanol–water partition coefficient (Wildman–Crippen LogP) is 3.32.